The van der Waals surface area contributed by atoms with Crippen LogP contribution in [0.25, 0.3) is 0 Å². The molecule has 0 fully saturated rings. The molecular formula is C14H26ClN5. The predicted molar refractivity (Wildman–Crippen MR) is 84.2 cm³/mol. The Balaban J connectivity index is 2.82. The maximum absolute atomic E-state index is 7.38. The number of aromatic nitrogens is 2. The fourth-order valence-electron chi connectivity index (χ4n) is 2.23. The molecule has 3 N–H and O–H groups in total. The van der Waals surface area contributed by atoms with Gasteiger partial charge in [-0.1, -0.05) is 32.4 Å². The average molecular weight is 300 g/mol. The Hall–Kier alpha value is -1.07. The lowest BCUT2D eigenvalue weighted by Gasteiger charge is -2.24. The lowest BCUT2D eigenvalue weighted by Crippen LogP contribution is -2.31. The highest BCUT2D eigenvalue weighted by Gasteiger charge is 2.17. The Kier molecular flexibility index (Phi) is 6.49. The van der Waals surface area contributed by atoms with Crippen LogP contribution in [0.15, 0.2) is 0 Å². The highest BCUT2D eigenvalue weighted by atomic mass is 35.5. The smallest absolute Gasteiger partial charge is 0.0918 e. The molecule has 114 valence electrons. The summed E-state index contributed by atoms with van der Waals surface area (Å²) in [5.41, 5.74) is 7.44. The van der Waals surface area contributed by atoms with Gasteiger partial charge in [-0.2, -0.15) is 5.10 Å². The van der Waals surface area contributed by atoms with Crippen molar-refractivity contribution < 1.29 is 0 Å². The highest BCUT2D eigenvalue weighted by molar-refractivity contribution is 6.31. The molecule has 0 aliphatic heterocycles. The third-order valence-corrected chi connectivity index (χ3v) is 3.63. The van der Waals surface area contributed by atoms with E-state index in [1.54, 1.807) is 0 Å². The molecule has 0 aliphatic rings. The molecule has 0 spiro atoms. The zero-order chi connectivity index (χ0) is 15.3. The second kappa shape index (κ2) is 7.64. The number of hydrogen-bond acceptors (Lipinski definition) is 3. The normalized spacial score (nSPS) is 11.6. The summed E-state index contributed by atoms with van der Waals surface area (Å²) in [4.78, 5) is 2.29. The average Bonchev–Trinajstić information content (AvgIpc) is 2.62. The van der Waals surface area contributed by atoms with Crippen molar-refractivity contribution in [2.45, 2.75) is 40.2 Å². The molecule has 0 bridgehead atoms. The lowest BCUT2D eigenvalue weighted by molar-refractivity contribution is 0.236. The summed E-state index contributed by atoms with van der Waals surface area (Å²) in [6, 6.07) is 0. The predicted octanol–water partition coefficient (Wildman–Crippen LogP) is 2.42. The summed E-state index contributed by atoms with van der Waals surface area (Å²) in [5.74, 6) is 0.781. The van der Waals surface area contributed by atoms with Gasteiger partial charge >= 0.3 is 0 Å². The minimum Gasteiger partial charge on any atom is -0.388 e. The molecule has 5 nitrogen and oxygen atoms in total. The minimum absolute atomic E-state index is 0.226. The summed E-state index contributed by atoms with van der Waals surface area (Å²) in [6.07, 6.45) is 1.42. The number of nitrogens with one attached hydrogen (secondary N) is 1. The van der Waals surface area contributed by atoms with Crippen LogP contribution in [-0.2, 0) is 20.0 Å². The highest BCUT2D eigenvalue weighted by Crippen LogP contribution is 2.22. The van der Waals surface area contributed by atoms with Gasteiger partial charge in [-0.3, -0.25) is 15.0 Å². The van der Waals surface area contributed by atoms with Crippen molar-refractivity contribution in [1.29, 1.82) is 5.41 Å². The number of hydrogen-bond donors (Lipinski definition) is 2. The molecule has 0 saturated carbocycles. The van der Waals surface area contributed by atoms with E-state index >= 15 is 0 Å². The molecule has 1 aromatic rings. The van der Waals surface area contributed by atoms with E-state index in [9.17, 15) is 0 Å². The van der Waals surface area contributed by atoms with E-state index in [1.807, 2.05) is 11.7 Å². The summed E-state index contributed by atoms with van der Waals surface area (Å²) in [6.45, 7) is 8.90. The molecule has 0 saturated heterocycles. The molecule has 0 unspecified atom stereocenters. The topological polar surface area (TPSA) is 70.9 Å². The molecule has 0 aliphatic carbocycles. The van der Waals surface area contributed by atoms with Gasteiger partial charge in [0.25, 0.3) is 0 Å². The van der Waals surface area contributed by atoms with Crippen molar-refractivity contribution in [3.63, 3.8) is 0 Å². The number of nitrogens with two attached hydrogens (primary N) is 1. The van der Waals surface area contributed by atoms with Gasteiger partial charge in [0.2, 0.25) is 0 Å². The van der Waals surface area contributed by atoms with Crippen LogP contribution < -0.4 is 5.73 Å². The van der Waals surface area contributed by atoms with E-state index in [-0.39, 0.29) is 5.84 Å². The Morgan fingerprint density at radius 2 is 2.15 bits per heavy atom. The first-order chi connectivity index (χ1) is 9.35. The Bertz CT molecular complexity index is 453. The van der Waals surface area contributed by atoms with Crippen LogP contribution in [0.3, 0.4) is 0 Å². The summed E-state index contributed by atoms with van der Waals surface area (Å²) in [7, 11) is 1.93. The van der Waals surface area contributed by atoms with Crippen LogP contribution in [0.2, 0.25) is 5.02 Å². The first kappa shape index (κ1) is 17.0. The number of halogens is 1. The zero-order valence-electron chi connectivity index (χ0n) is 12.9. The fraction of sp³-hybridized carbons (Fsp3) is 0.714. The Morgan fingerprint density at radius 1 is 1.50 bits per heavy atom. The molecule has 0 atom stereocenters. The summed E-state index contributed by atoms with van der Waals surface area (Å²) >= 11 is 6.40. The number of aryl methyl sites for hydroxylation is 2. The third-order valence-electron chi connectivity index (χ3n) is 3.20. The second-order valence-electron chi connectivity index (χ2n) is 5.59. The van der Waals surface area contributed by atoms with Gasteiger partial charge in [-0.25, -0.2) is 0 Å². The summed E-state index contributed by atoms with van der Waals surface area (Å²) < 4.78 is 1.86. The summed E-state index contributed by atoms with van der Waals surface area (Å²) in [5, 5.41) is 12.6. The van der Waals surface area contributed by atoms with Crippen molar-refractivity contribution in [3.8, 4) is 0 Å². The van der Waals surface area contributed by atoms with Crippen molar-refractivity contribution in [1.82, 2.24) is 14.7 Å². The van der Waals surface area contributed by atoms with Crippen LogP contribution >= 0.6 is 11.6 Å². The first-order valence-electron chi connectivity index (χ1n) is 7.10. The molecule has 0 amide bonds. The van der Waals surface area contributed by atoms with Gasteiger partial charge in [0.1, 0.15) is 0 Å². The minimum atomic E-state index is 0.226. The molecule has 1 aromatic heterocycles. The maximum Gasteiger partial charge on any atom is 0.0918 e. The first-order valence-corrected chi connectivity index (χ1v) is 7.48. The van der Waals surface area contributed by atoms with Crippen molar-refractivity contribution in [3.05, 3.63) is 16.4 Å². The fourth-order valence-corrected chi connectivity index (χ4v) is 2.59. The van der Waals surface area contributed by atoms with Crippen molar-refractivity contribution in [2.75, 3.05) is 13.1 Å². The SMILES string of the molecule is CCc1nn(C)c(CN(CCC(=N)N)CC(C)C)c1Cl. The van der Waals surface area contributed by atoms with Crippen LogP contribution in [-0.4, -0.2) is 33.6 Å². The molecular weight excluding hydrogens is 274 g/mol. The molecule has 1 rings (SSSR count). The van der Waals surface area contributed by atoms with Crippen LogP contribution in [0.5, 0.6) is 0 Å². The molecule has 6 heteroatoms. The van der Waals surface area contributed by atoms with E-state index in [4.69, 9.17) is 22.7 Å². The molecule has 0 aromatic carbocycles. The van der Waals surface area contributed by atoms with Gasteiger partial charge in [0.15, 0.2) is 0 Å². The quantitative estimate of drug-likeness (QED) is 0.572. The standard InChI is InChI=1S/C14H26ClN5/c1-5-11-14(15)12(19(4)18-11)9-20(8-10(2)3)7-6-13(16)17/h10H,5-9H2,1-4H3,(H3,16,17). The van der Waals surface area contributed by atoms with Crippen molar-refractivity contribution in [2.24, 2.45) is 18.7 Å². The Labute approximate surface area is 126 Å². The molecule has 20 heavy (non-hydrogen) atoms. The van der Waals surface area contributed by atoms with E-state index in [2.05, 4.69) is 30.8 Å². The maximum atomic E-state index is 7.38. The number of nitrogens with zero attached hydrogens (tertiary/aromatic N) is 3. The van der Waals surface area contributed by atoms with Gasteiger partial charge in [-0.05, 0) is 12.3 Å². The van der Waals surface area contributed by atoms with E-state index in [0.717, 1.165) is 42.5 Å². The van der Waals surface area contributed by atoms with Gasteiger partial charge in [0.05, 0.1) is 22.2 Å². The molecule has 1 heterocycles. The number of amidine groups is 1. The van der Waals surface area contributed by atoms with Crippen LogP contribution in [0.4, 0.5) is 0 Å². The van der Waals surface area contributed by atoms with E-state index in [1.165, 1.54) is 0 Å². The Morgan fingerprint density at radius 3 is 2.60 bits per heavy atom. The van der Waals surface area contributed by atoms with Crippen LogP contribution in [0.1, 0.15) is 38.6 Å². The van der Waals surface area contributed by atoms with E-state index < -0.39 is 0 Å². The third kappa shape index (κ3) is 4.80. The largest absolute Gasteiger partial charge is 0.388 e. The zero-order valence-corrected chi connectivity index (χ0v) is 13.7. The monoisotopic (exact) mass is 299 g/mol. The van der Waals surface area contributed by atoms with Crippen molar-refractivity contribution >= 4 is 17.4 Å². The van der Waals surface area contributed by atoms with Crippen LogP contribution in [0, 0.1) is 11.3 Å². The van der Waals surface area contributed by atoms with Gasteiger partial charge in [-0.15, -0.1) is 0 Å². The second-order valence-corrected chi connectivity index (χ2v) is 5.97. The lowest BCUT2D eigenvalue weighted by atomic mass is 10.2. The van der Waals surface area contributed by atoms with Gasteiger partial charge in [0, 0.05) is 33.1 Å². The van der Waals surface area contributed by atoms with Gasteiger partial charge < -0.3 is 5.73 Å². The number of rotatable bonds is 8. The van der Waals surface area contributed by atoms with E-state index in [0.29, 0.717) is 12.3 Å². The molecule has 0 radical (unpaired) electrons.